The molecule has 4 heteroatoms. The minimum Gasteiger partial charge on any atom is -0.372 e. The Balaban J connectivity index is 2.05. The fraction of sp³-hybridized carbons (Fsp3) is 0.400. The van der Waals surface area contributed by atoms with Gasteiger partial charge in [-0.25, -0.2) is 0 Å². The largest absolute Gasteiger partial charge is 0.372 e. The second-order valence-corrected chi connectivity index (χ2v) is 4.53. The van der Waals surface area contributed by atoms with Gasteiger partial charge in [0.1, 0.15) is 12.3 Å². The van der Waals surface area contributed by atoms with Crippen molar-refractivity contribution in [3.63, 3.8) is 0 Å². The molecule has 1 heterocycles. The fourth-order valence-electron chi connectivity index (χ4n) is 2.16. The van der Waals surface area contributed by atoms with Crippen molar-refractivity contribution in [3.05, 3.63) is 35.4 Å². The molecule has 0 aliphatic carbocycles. The molecule has 0 aromatic heterocycles. The first-order chi connectivity index (χ1) is 9.26. The van der Waals surface area contributed by atoms with Crippen LogP contribution in [-0.4, -0.2) is 32.8 Å². The maximum absolute atomic E-state index is 10.8. The van der Waals surface area contributed by atoms with Crippen molar-refractivity contribution in [2.45, 2.75) is 25.2 Å². The summed E-state index contributed by atoms with van der Waals surface area (Å²) in [5.41, 5.74) is 3.31. The van der Waals surface area contributed by atoms with E-state index in [4.69, 9.17) is 9.47 Å². The summed E-state index contributed by atoms with van der Waals surface area (Å²) in [6.45, 7) is 0. The number of nitrogens with one attached hydrogen (secondary N) is 1. The van der Waals surface area contributed by atoms with Crippen LogP contribution in [0.3, 0.4) is 0 Å². The highest BCUT2D eigenvalue weighted by Gasteiger charge is 2.12. The molecule has 0 fully saturated rings. The third-order valence-electron chi connectivity index (χ3n) is 3.26. The minimum atomic E-state index is -0.228. The maximum Gasteiger partial charge on any atom is 0.157 e. The van der Waals surface area contributed by atoms with Gasteiger partial charge in [0, 0.05) is 26.3 Å². The van der Waals surface area contributed by atoms with Crippen LogP contribution in [0.15, 0.2) is 24.3 Å². The van der Waals surface area contributed by atoms with Gasteiger partial charge in [-0.3, -0.25) is 0 Å². The molecule has 4 nitrogen and oxygen atoms in total. The summed E-state index contributed by atoms with van der Waals surface area (Å²) >= 11 is 0. The van der Waals surface area contributed by atoms with Crippen LogP contribution in [0.2, 0.25) is 0 Å². The normalized spacial score (nSPS) is 17.1. The molecule has 1 aromatic rings. The van der Waals surface area contributed by atoms with Gasteiger partial charge < -0.3 is 19.6 Å². The van der Waals surface area contributed by atoms with Crippen LogP contribution < -0.4 is 5.32 Å². The van der Waals surface area contributed by atoms with E-state index in [2.05, 4.69) is 23.5 Å². The summed E-state index contributed by atoms with van der Waals surface area (Å²) in [7, 11) is 3.28. The van der Waals surface area contributed by atoms with Gasteiger partial charge >= 0.3 is 0 Å². The molecule has 0 bridgehead atoms. The van der Waals surface area contributed by atoms with Gasteiger partial charge in [0.2, 0.25) is 0 Å². The lowest BCUT2D eigenvalue weighted by Gasteiger charge is -2.19. The van der Waals surface area contributed by atoms with Crippen molar-refractivity contribution in [1.29, 1.82) is 0 Å². The number of ether oxygens (including phenoxy) is 2. The topological polar surface area (TPSA) is 47.6 Å². The van der Waals surface area contributed by atoms with Crippen molar-refractivity contribution >= 4 is 18.0 Å². The SMILES string of the molecule is COC(CCc1ccc2c(c1)NC(C=O)C=C2)OC. The second-order valence-electron chi connectivity index (χ2n) is 4.53. The number of rotatable bonds is 6. The third-order valence-corrected chi connectivity index (χ3v) is 3.26. The lowest BCUT2D eigenvalue weighted by Crippen LogP contribution is -2.21. The Morgan fingerprint density at radius 1 is 1.37 bits per heavy atom. The smallest absolute Gasteiger partial charge is 0.157 e. The average Bonchev–Trinajstić information content (AvgIpc) is 2.47. The molecule has 0 spiro atoms. The Morgan fingerprint density at radius 2 is 2.16 bits per heavy atom. The highest BCUT2D eigenvalue weighted by molar-refractivity contribution is 5.79. The monoisotopic (exact) mass is 261 g/mol. The molecule has 0 saturated carbocycles. The van der Waals surface area contributed by atoms with Crippen LogP contribution in [0.1, 0.15) is 17.5 Å². The second kappa shape index (κ2) is 6.50. The first-order valence-corrected chi connectivity index (χ1v) is 6.35. The molecular formula is C15H19NO3. The van der Waals surface area contributed by atoms with E-state index in [1.807, 2.05) is 12.2 Å². The van der Waals surface area contributed by atoms with Crippen LogP contribution in [0.5, 0.6) is 0 Å². The van der Waals surface area contributed by atoms with E-state index in [-0.39, 0.29) is 12.3 Å². The van der Waals surface area contributed by atoms with Crippen molar-refractivity contribution in [1.82, 2.24) is 0 Å². The Morgan fingerprint density at radius 3 is 2.84 bits per heavy atom. The number of aryl methyl sites for hydroxylation is 1. The number of hydrogen-bond acceptors (Lipinski definition) is 4. The third kappa shape index (κ3) is 3.43. The molecule has 0 radical (unpaired) electrons. The van der Waals surface area contributed by atoms with Crippen LogP contribution in [0.4, 0.5) is 5.69 Å². The Labute approximate surface area is 113 Å². The van der Waals surface area contributed by atoms with Gasteiger partial charge in [-0.15, -0.1) is 0 Å². The number of hydrogen-bond donors (Lipinski definition) is 1. The van der Waals surface area contributed by atoms with Crippen molar-refractivity contribution in [2.75, 3.05) is 19.5 Å². The molecule has 1 aromatic carbocycles. The number of carbonyl (C=O) groups is 1. The molecule has 2 rings (SSSR count). The molecule has 1 N–H and O–H groups in total. The van der Waals surface area contributed by atoms with Gasteiger partial charge in [-0.05, 0) is 23.6 Å². The molecule has 19 heavy (non-hydrogen) atoms. The quantitative estimate of drug-likeness (QED) is 0.630. The summed E-state index contributed by atoms with van der Waals surface area (Å²) in [4.78, 5) is 10.8. The fourth-order valence-corrected chi connectivity index (χ4v) is 2.16. The zero-order chi connectivity index (χ0) is 13.7. The summed E-state index contributed by atoms with van der Waals surface area (Å²) in [6.07, 6.45) is 6.24. The molecular weight excluding hydrogens is 242 g/mol. The Hall–Kier alpha value is -1.65. The van der Waals surface area contributed by atoms with Gasteiger partial charge in [0.25, 0.3) is 0 Å². The Bertz CT molecular complexity index is 466. The number of fused-ring (bicyclic) bond motifs is 1. The van der Waals surface area contributed by atoms with Gasteiger partial charge in [-0.2, -0.15) is 0 Å². The Kier molecular flexibility index (Phi) is 4.71. The molecule has 1 aliphatic heterocycles. The van der Waals surface area contributed by atoms with Crippen molar-refractivity contribution in [3.8, 4) is 0 Å². The summed E-state index contributed by atoms with van der Waals surface area (Å²) in [5.74, 6) is 0. The van der Waals surface area contributed by atoms with E-state index in [9.17, 15) is 4.79 Å². The van der Waals surface area contributed by atoms with E-state index in [1.165, 1.54) is 5.56 Å². The van der Waals surface area contributed by atoms with E-state index < -0.39 is 0 Å². The lowest BCUT2D eigenvalue weighted by atomic mass is 10.0. The molecule has 0 saturated heterocycles. The summed E-state index contributed by atoms with van der Waals surface area (Å²) in [6, 6.07) is 6.00. The number of benzene rings is 1. The van der Waals surface area contributed by atoms with Gasteiger partial charge in [-0.1, -0.05) is 24.3 Å². The number of aldehydes is 1. The lowest BCUT2D eigenvalue weighted by molar-refractivity contribution is -0.107. The summed E-state index contributed by atoms with van der Waals surface area (Å²) in [5, 5.41) is 3.19. The molecule has 0 amide bonds. The van der Waals surface area contributed by atoms with E-state index in [0.29, 0.717) is 0 Å². The van der Waals surface area contributed by atoms with Gasteiger partial charge in [0.05, 0.1) is 0 Å². The summed E-state index contributed by atoms with van der Waals surface area (Å²) < 4.78 is 10.3. The van der Waals surface area contributed by atoms with E-state index in [0.717, 1.165) is 30.4 Å². The number of methoxy groups -OCH3 is 2. The first-order valence-electron chi connectivity index (χ1n) is 6.35. The van der Waals surface area contributed by atoms with Crippen molar-refractivity contribution < 1.29 is 14.3 Å². The minimum absolute atomic E-state index is 0.174. The molecule has 1 atom stereocenters. The standard InChI is InChI=1S/C15H19NO3/c1-18-15(19-2)8-4-11-3-5-12-6-7-13(10-17)16-14(12)9-11/h3,5-7,9-10,13,15-16H,4,8H2,1-2H3. The number of anilines is 1. The molecule has 1 unspecified atom stereocenters. The molecule has 1 aliphatic rings. The van der Waals surface area contributed by atoms with Crippen LogP contribution in [-0.2, 0) is 20.7 Å². The van der Waals surface area contributed by atoms with Crippen LogP contribution >= 0.6 is 0 Å². The van der Waals surface area contributed by atoms with Gasteiger partial charge in [0.15, 0.2) is 6.29 Å². The predicted molar refractivity (Wildman–Crippen MR) is 75.1 cm³/mol. The molecule has 102 valence electrons. The van der Waals surface area contributed by atoms with E-state index in [1.54, 1.807) is 14.2 Å². The average molecular weight is 261 g/mol. The van der Waals surface area contributed by atoms with Crippen molar-refractivity contribution in [2.24, 2.45) is 0 Å². The van der Waals surface area contributed by atoms with E-state index >= 15 is 0 Å². The zero-order valence-corrected chi connectivity index (χ0v) is 11.3. The predicted octanol–water partition coefficient (Wildman–Crippen LogP) is 2.24. The number of carbonyl (C=O) groups excluding carboxylic acids is 1. The first kappa shape index (κ1) is 13.8. The highest BCUT2D eigenvalue weighted by atomic mass is 16.7. The van der Waals surface area contributed by atoms with Crippen LogP contribution in [0, 0.1) is 0 Å². The highest BCUT2D eigenvalue weighted by Crippen LogP contribution is 2.24. The maximum atomic E-state index is 10.8. The van der Waals surface area contributed by atoms with Crippen LogP contribution in [0.25, 0.3) is 6.08 Å². The zero-order valence-electron chi connectivity index (χ0n) is 11.3.